The SMILES string of the molecule is CO[C@@H]1C[C@@H](c2ncc[nH]2)N(C(=O)CCc2ccc(C#N)cc2)C1. The van der Waals surface area contributed by atoms with Crippen molar-refractivity contribution in [3.05, 3.63) is 53.6 Å². The first-order chi connectivity index (χ1) is 11.7. The van der Waals surface area contributed by atoms with Crippen molar-refractivity contribution in [3.8, 4) is 6.07 Å². The topological polar surface area (TPSA) is 82.0 Å². The number of ether oxygens (including phenoxy) is 1. The van der Waals surface area contributed by atoms with Crippen LogP contribution in [0.15, 0.2) is 36.7 Å². The van der Waals surface area contributed by atoms with E-state index in [2.05, 4.69) is 16.0 Å². The second kappa shape index (κ2) is 7.28. The number of nitrogens with zero attached hydrogens (tertiary/aromatic N) is 3. The molecule has 1 amide bonds. The van der Waals surface area contributed by atoms with Gasteiger partial charge >= 0.3 is 0 Å². The summed E-state index contributed by atoms with van der Waals surface area (Å²) < 4.78 is 5.44. The van der Waals surface area contributed by atoms with Crippen molar-refractivity contribution >= 4 is 5.91 Å². The normalized spacial score (nSPS) is 20.1. The molecule has 3 rings (SSSR count). The minimum Gasteiger partial charge on any atom is -0.380 e. The number of amides is 1. The van der Waals surface area contributed by atoms with Gasteiger partial charge in [-0.1, -0.05) is 12.1 Å². The molecule has 0 aliphatic carbocycles. The molecular weight excluding hydrogens is 304 g/mol. The van der Waals surface area contributed by atoms with Crippen molar-refractivity contribution in [3.63, 3.8) is 0 Å². The summed E-state index contributed by atoms with van der Waals surface area (Å²) in [5.41, 5.74) is 1.69. The molecule has 0 saturated carbocycles. The quantitative estimate of drug-likeness (QED) is 0.914. The van der Waals surface area contributed by atoms with Gasteiger partial charge in [-0.3, -0.25) is 4.79 Å². The summed E-state index contributed by atoms with van der Waals surface area (Å²) in [5, 5.41) is 8.83. The minimum absolute atomic E-state index is 0.0407. The van der Waals surface area contributed by atoms with Crippen LogP contribution in [0.2, 0.25) is 0 Å². The van der Waals surface area contributed by atoms with Crippen LogP contribution in [-0.2, 0) is 16.0 Å². The van der Waals surface area contributed by atoms with Crippen LogP contribution in [0.1, 0.15) is 35.8 Å². The monoisotopic (exact) mass is 324 g/mol. The van der Waals surface area contributed by atoms with Gasteiger partial charge in [0, 0.05) is 38.9 Å². The van der Waals surface area contributed by atoms with E-state index in [1.54, 1.807) is 31.6 Å². The number of carbonyl (C=O) groups is 1. The fraction of sp³-hybridized carbons (Fsp3) is 0.389. The van der Waals surface area contributed by atoms with Crippen molar-refractivity contribution < 1.29 is 9.53 Å². The smallest absolute Gasteiger partial charge is 0.223 e. The summed E-state index contributed by atoms with van der Waals surface area (Å²) in [7, 11) is 1.68. The molecule has 2 heterocycles. The van der Waals surface area contributed by atoms with Gasteiger partial charge in [0.25, 0.3) is 0 Å². The summed E-state index contributed by atoms with van der Waals surface area (Å²) in [6.45, 7) is 0.591. The highest BCUT2D eigenvalue weighted by molar-refractivity contribution is 5.77. The number of nitriles is 1. The number of benzene rings is 1. The number of nitrogens with one attached hydrogen (secondary N) is 1. The average molecular weight is 324 g/mol. The largest absolute Gasteiger partial charge is 0.380 e. The molecule has 0 bridgehead atoms. The Morgan fingerprint density at radius 2 is 2.25 bits per heavy atom. The van der Waals surface area contributed by atoms with E-state index in [1.807, 2.05) is 17.0 Å². The van der Waals surface area contributed by atoms with Gasteiger partial charge in [-0.25, -0.2) is 4.98 Å². The number of carbonyl (C=O) groups excluding carboxylic acids is 1. The Morgan fingerprint density at radius 1 is 1.46 bits per heavy atom. The average Bonchev–Trinajstić information content (AvgIpc) is 3.29. The lowest BCUT2D eigenvalue weighted by atomic mass is 10.1. The van der Waals surface area contributed by atoms with Crippen LogP contribution in [-0.4, -0.2) is 40.5 Å². The lowest BCUT2D eigenvalue weighted by molar-refractivity contribution is -0.132. The van der Waals surface area contributed by atoms with E-state index in [4.69, 9.17) is 10.00 Å². The molecule has 0 spiro atoms. The van der Waals surface area contributed by atoms with Gasteiger partial charge in [-0.15, -0.1) is 0 Å². The summed E-state index contributed by atoms with van der Waals surface area (Å²) in [6.07, 6.45) is 5.36. The lowest BCUT2D eigenvalue weighted by Gasteiger charge is -2.23. The molecular formula is C18H20N4O2. The molecule has 1 aromatic carbocycles. The van der Waals surface area contributed by atoms with Gasteiger partial charge in [0.2, 0.25) is 5.91 Å². The molecule has 124 valence electrons. The van der Waals surface area contributed by atoms with Gasteiger partial charge in [-0.05, 0) is 24.1 Å². The third-order valence-electron chi connectivity index (χ3n) is 4.46. The first-order valence-corrected chi connectivity index (χ1v) is 8.02. The molecule has 2 atom stereocenters. The number of rotatable bonds is 5. The molecule has 2 aromatic rings. The second-order valence-electron chi connectivity index (χ2n) is 5.94. The Kier molecular flexibility index (Phi) is 4.92. The predicted molar refractivity (Wildman–Crippen MR) is 87.9 cm³/mol. The van der Waals surface area contributed by atoms with E-state index in [0.717, 1.165) is 17.8 Å². The van der Waals surface area contributed by atoms with Crippen molar-refractivity contribution in [2.45, 2.75) is 31.4 Å². The van der Waals surface area contributed by atoms with Crippen LogP contribution in [0.4, 0.5) is 0 Å². The fourth-order valence-corrected chi connectivity index (χ4v) is 3.10. The van der Waals surface area contributed by atoms with E-state index >= 15 is 0 Å². The lowest BCUT2D eigenvalue weighted by Crippen LogP contribution is -2.32. The maximum absolute atomic E-state index is 12.7. The fourth-order valence-electron chi connectivity index (χ4n) is 3.10. The van der Waals surface area contributed by atoms with E-state index < -0.39 is 0 Å². The van der Waals surface area contributed by atoms with Gasteiger partial charge in [-0.2, -0.15) is 5.26 Å². The van der Waals surface area contributed by atoms with E-state index in [1.165, 1.54) is 0 Å². The molecule has 1 aliphatic heterocycles. The molecule has 0 unspecified atom stereocenters. The highest BCUT2D eigenvalue weighted by Crippen LogP contribution is 2.32. The van der Waals surface area contributed by atoms with Crippen LogP contribution in [0.3, 0.4) is 0 Å². The molecule has 6 nitrogen and oxygen atoms in total. The van der Waals surface area contributed by atoms with Crippen LogP contribution >= 0.6 is 0 Å². The Hall–Kier alpha value is -2.65. The number of likely N-dealkylation sites (tertiary alicyclic amines) is 1. The Bertz CT molecular complexity index is 718. The first kappa shape index (κ1) is 16.2. The summed E-state index contributed by atoms with van der Waals surface area (Å²) in [4.78, 5) is 21.9. The standard InChI is InChI=1S/C18H20N4O2/c1-24-15-10-16(18-20-8-9-21-18)22(12-15)17(23)7-6-13-2-4-14(11-19)5-3-13/h2-5,8-9,15-16H,6-7,10,12H2,1H3,(H,20,21)/t15-,16+/m1/s1. The second-order valence-corrected chi connectivity index (χ2v) is 5.94. The summed E-state index contributed by atoms with van der Waals surface area (Å²) in [5.74, 6) is 0.904. The van der Waals surface area contributed by atoms with Gasteiger partial charge in [0.05, 0.1) is 23.8 Å². The van der Waals surface area contributed by atoms with Crippen molar-refractivity contribution in [2.24, 2.45) is 0 Å². The number of aryl methyl sites for hydroxylation is 1. The van der Waals surface area contributed by atoms with Crippen LogP contribution in [0, 0.1) is 11.3 Å². The number of hydrogen-bond acceptors (Lipinski definition) is 4. The minimum atomic E-state index is -0.0570. The number of aromatic nitrogens is 2. The van der Waals surface area contributed by atoms with Gasteiger partial charge in [0.1, 0.15) is 5.82 Å². The van der Waals surface area contributed by atoms with Crippen molar-refractivity contribution in [1.29, 1.82) is 5.26 Å². The zero-order valence-electron chi connectivity index (χ0n) is 13.6. The van der Waals surface area contributed by atoms with Crippen molar-refractivity contribution in [2.75, 3.05) is 13.7 Å². The molecule has 1 fully saturated rings. The molecule has 0 radical (unpaired) electrons. The van der Waals surface area contributed by atoms with Crippen LogP contribution in [0.5, 0.6) is 0 Å². The molecule has 1 aromatic heterocycles. The Balaban J connectivity index is 1.65. The highest BCUT2D eigenvalue weighted by Gasteiger charge is 2.37. The summed E-state index contributed by atoms with van der Waals surface area (Å²) >= 11 is 0. The Morgan fingerprint density at radius 3 is 2.88 bits per heavy atom. The zero-order chi connectivity index (χ0) is 16.9. The third kappa shape index (κ3) is 3.47. The van der Waals surface area contributed by atoms with Crippen LogP contribution in [0.25, 0.3) is 0 Å². The molecule has 24 heavy (non-hydrogen) atoms. The van der Waals surface area contributed by atoms with E-state index in [0.29, 0.717) is 24.9 Å². The molecule has 6 heteroatoms. The number of hydrogen-bond donors (Lipinski definition) is 1. The Labute approximate surface area is 141 Å². The van der Waals surface area contributed by atoms with Gasteiger partial charge < -0.3 is 14.6 Å². The maximum Gasteiger partial charge on any atom is 0.223 e. The van der Waals surface area contributed by atoms with E-state index in [-0.39, 0.29) is 18.1 Å². The molecule has 1 saturated heterocycles. The number of aromatic amines is 1. The summed E-state index contributed by atoms with van der Waals surface area (Å²) in [6, 6.07) is 9.40. The number of methoxy groups -OCH3 is 1. The zero-order valence-corrected chi connectivity index (χ0v) is 13.6. The predicted octanol–water partition coefficient (Wildman–Crippen LogP) is 2.20. The highest BCUT2D eigenvalue weighted by atomic mass is 16.5. The molecule has 1 aliphatic rings. The first-order valence-electron chi connectivity index (χ1n) is 8.02. The third-order valence-corrected chi connectivity index (χ3v) is 4.46. The number of H-pyrrole nitrogens is 1. The van der Waals surface area contributed by atoms with Gasteiger partial charge in [0.15, 0.2) is 0 Å². The maximum atomic E-state index is 12.7. The van der Waals surface area contributed by atoms with Crippen molar-refractivity contribution in [1.82, 2.24) is 14.9 Å². The van der Waals surface area contributed by atoms with Crippen LogP contribution < -0.4 is 0 Å². The molecule has 1 N–H and O–H groups in total. The van der Waals surface area contributed by atoms with E-state index in [9.17, 15) is 4.79 Å². The number of imidazole rings is 1.